The second-order valence-electron chi connectivity index (χ2n) is 6.83. The van der Waals surface area contributed by atoms with Crippen molar-refractivity contribution in [3.63, 3.8) is 0 Å². The van der Waals surface area contributed by atoms with E-state index in [1.54, 1.807) is 0 Å². The first kappa shape index (κ1) is 18.1. The van der Waals surface area contributed by atoms with Crippen molar-refractivity contribution in [1.29, 1.82) is 0 Å². The molecule has 2 saturated heterocycles. The quantitative estimate of drug-likeness (QED) is 0.813. The number of nitrogens with two attached hydrogens (primary N) is 1. The maximum absolute atomic E-state index is 13.0. The lowest BCUT2D eigenvalue weighted by atomic mass is 9.90. The Morgan fingerprint density at radius 1 is 1.16 bits per heavy atom. The average molecular weight is 350 g/mol. The van der Waals surface area contributed by atoms with Crippen LogP contribution in [0.3, 0.4) is 0 Å². The maximum atomic E-state index is 13.0. The van der Waals surface area contributed by atoms with Crippen molar-refractivity contribution in [1.82, 2.24) is 10.2 Å². The highest BCUT2D eigenvalue weighted by Gasteiger charge is 2.35. The Balaban J connectivity index is 1.38. The molecule has 1 aromatic carbocycles. The second kappa shape index (κ2) is 8.12. The van der Waals surface area contributed by atoms with Gasteiger partial charge in [-0.1, -0.05) is 0 Å². The van der Waals surface area contributed by atoms with Crippen LogP contribution in [0.1, 0.15) is 12.8 Å². The molecule has 0 spiro atoms. The molecule has 0 radical (unpaired) electrons. The van der Waals surface area contributed by atoms with E-state index in [0.29, 0.717) is 32.6 Å². The summed E-state index contributed by atoms with van der Waals surface area (Å²) in [5.41, 5.74) is 6.45. The zero-order valence-corrected chi connectivity index (χ0v) is 14.5. The number of amides is 1. The number of anilines is 1. The van der Waals surface area contributed by atoms with Crippen molar-refractivity contribution in [2.24, 2.45) is 5.73 Å². The summed E-state index contributed by atoms with van der Waals surface area (Å²) in [6.45, 7) is 6.18. The summed E-state index contributed by atoms with van der Waals surface area (Å²) in [6, 6.07) is 6.63. The van der Waals surface area contributed by atoms with Crippen molar-refractivity contribution >= 4 is 11.6 Å². The minimum atomic E-state index is -0.778. The highest BCUT2D eigenvalue weighted by molar-refractivity contribution is 5.86. The Bertz CT molecular complexity index is 567. The Morgan fingerprint density at radius 2 is 1.80 bits per heavy atom. The van der Waals surface area contributed by atoms with Gasteiger partial charge in [0.15, 0.2) is 0 Å². The van der Waals surface area contributed by atoms with E-state index in [0.717, 1.165) is 38.4 Å². The Morgan fingerprint density at radius 3 is 2.44 bits per heavy atom. The van der Waals surface area contributed by atoms with Gasteiger partial charge in [-0.3, -0.25) is 9.69 Å². The summed E-state index contributed by atoms with van der Waals surface area (Å²) < 4.78 is 18.3. The van der Waals surface area contributed by atoms with Gasteiger partial charge in [0, 0.05) is 58.2 Å². The number of carbonyl (C=O) groups excluding carboxylic acids is 1. The van der Waals surface area contributed by atoms with Gasteiger partial charge in [-0.25, -0.2) is 4.39 Å². The second-order valence-corrected chi connectivity index (χ2v) is 6.83. The van der Waals surface area contributed by atoms with Gasteiger partial charge in [-0.05, 0) is 37.1 Å². The van der Waals surface area contributed by atoms with Crippen LogP contribution in [0.15, 0.2) is 24.3 Å². The summed E-state index contributed by atoms with van der Waals surface area (Å²) in [6.07, 6.45) is 1.16. The molecule has 2 heterocycles. The smallest absolute Gasteiger partial charge is 0.240 e. The molecule has 0 aromatic heterocycles. The number of nitrogens with one attached hydrogen (secondary N) is 1. The molecular formula is C18H27FN4O2. The summed E-state index contributed by atoms with van der Waals surface area (Å²) in [5.74, 6) is -0.277. The molecule has 0 aliphatic carbocycles. The topological polar surface area (TPSA) is 70.8 Å². The number of hydrogen-bond acceptors (Lipinski definition) is 5. The average Bonchev–Trinajstić information content (AvgIpc) is 2.63. The zero-order chi connectivity index (χ0) is 17.7. The van der Waals surface area contributed by atoms with E-state index in [4.69, 9.17) is 10.5 Å². The number of rotatable bonds is 5. The normalized spacial score (nSPS) is 21.1. The first-order chi connectivity index (χ1) is 12.1. The van der Waals surface area contributed by atoms with Crippen LogP contribution in [0.2, 0.25) is 0 Å². The molecule has 0 bridgehead atoms. The lowest BCUT2D eigenvalue weighted by molar-refractivity contribution is -0.129. The van der Waals surface area contributed by atoms with E-state index in [1.165, 1.54) is 12.1 Å². The summed E-state index contributed by atoms with van der Waals surface area (Å²) >= 11 is 0. The standard InChI is InChI=1S/C18H27FN4O2/c19-15-1-3-16(4-2-15)23-11-9-22(10-12-23)8-7-21-17(24)18(20)5-13-25-14-6-18/h1-4H,5-14,20H2,(H,21,24). The molecule has 25 heavy (non-hydrogen) atoms. The predicted octanol–water partition coefficient (Wildman–Crippen LogP) is 0.572. The van der Waals surface area contributed by atoms with Gasteiger partial charge in [0.05, 0.1) is 5.54 Å². The van der Waals surface area contributed by atoms with Gasteiger partial charge in [-0.2, -0.15) is 0 Å². The number of hydrogen-bond donors (Lipinski definition) is 2. The van der Waals surface area contributed by atoms with Crippen LogP contribution in [0.5, 0.6) is 0 Å². The van der Waals surface area contributed by atoms with Crippen LogP contribution in [0.4, 0.5) is 10.1 Å². The highest BCUT2D eigenvalue weighted by atomic mass is 19.1. The molecule has 3 rings (SSSR count). The van der Waals surface area contributed by atoms with Gasteiger partial charge in [0.1, 0.15) is 5.82 Å². The molecule has 138 valence electrons. The van der Waals surface area contributed by atoms with Crippen molar-refractivity contribution in [3.8, 4) is 0 Å². The number of ether oxygens (including phenoxy) is 1. The summed E-state index contributed by atoms with van der Waals surface area (Å²) in [7, 11) is 0. The molecule has 6 nitrogen and oxygen atoms in total. The van der Waals surface area contributed by atoms with Crippen molar-refractivity contribution < 1.29 is 13.9 Å². The van der Waals surface area contributed by atoms with Gasteiger partial charge >= 0.3 is 0 Å². The van der Waals surface area contributed by atoms with Crippen molar-refractivity contribution in [2.45, 2.75) is 18.4 Å². The molecule has 0 unspecified atom stereocenters. The lowest BCUT2D eigenvalue weighted by Crippen LogP contribution is -2.58. The predicted molar refractivity (Wildman–Crippen MR) is 95.0 cm³/mol. The first-order valence-electron chi connectivity index (χ1n) is 8.95. The lowest BCUT2D eigenvalue weighted by Gasteiger charge is -2.36. The fourth-order valence-electron chi connectivity index (χ4n) is 3.35. The van der Waals surface area contributed by atoms with E-state index in [2.05, 4.69) is 15.1 Å². The van der Waals surface area contributed by atoms with Gasteiger partial charge in [-0.15, -0.1) is 0 Å². The highest BCUT2D eigenvalue weighted by Crippen LogP contribution is 2.18. The molecule has 2 fully saturated rings. The van der Waals surface area contributed by atoms with E-state index >= 15 is 0 Å². The Hall–Kier alpha value is -1.70. The van der Waals surface area contributed by atoms with Gasteiger partial charge < -0.3 is 20.7 Å². The van der Waals surface area contributed by atoms with Crippen molar-refractivity contribution in [2.75, 3.05) is 57.4 Å². The minimum absolute atomic E-state index is 0.0688. The van der Waals surface area contributed by atoms with E-state index in [9.17, 15) is 9.18 Å². The SMILES string of the molecule is NC1(C(=O)NCCN2CCN(c3ccc(F)cc3)CC2)CCOCC1. The molecule has 7 heteroatoms. The van der Waals surface area contributed by atoms with Crippen LogP contribution in [-0.4, -0.2) is 68.8 Å². The van der Waals surface area contributed by atoms with Gasteiger partial charge in [0.25, 0.3) is 0 Å². The third-order valence-electron chi connectivity index (χ3n) is 5.11. The van der Waals surface area contributed by atoms with Crippen LogP contribution in [-0.2, 0) is 9.53 Å². The van der Waals surface area contributed by atoms with Crippen LogP contribution in [0.25, 0.3) is 0 Å². The monoisotopic (exact) mass is 350 g/mol. The Labute approximate surface area is 148 Å². The molecule has 2 aliphatic rings. The van der Waals surface area contributed by atoms with E-state index in [1.807, 2.05) is 12.1 Å². The van der Waals surface area contributed by atoms with Crippen molar-refractivity contribution in [3.05, 3.63) is 30.1 Å². The molecule has 1 aromatic rings. The third-order valence-corrected chi connectivity index (χ3v) is 5.11. The molecule has 3 N–H and O–H groups in total. The van der Waals surface area contributed by atoms with Gasteiger partial charge in [0.2, 0.25) is 5.91 Å². The molecule has 1 amide bonds. The fraction of sp³-hybridized carbons (Fsp3) is 0.611. The number of piperazine rings is 1. The third kappa shape index (κ3) is 4.68. The van der Waals surface area contributed by atoms with E-state index < -0.39 is 5.54 Å². The maximum Gasteiger partial charge on any atom is 0.240 e. The summed E-state index contributed by atoms with van der Waals surface area (Å²) in [5, 5.41) is 2.97. The minimum Gasteiger partial charge on any atom is -0.381 e. The molecule has 2 aliphatic heterocycles. The van der Waals surface area contributed by atoms with Crippen LogP contribution in [0, 0.1) is 5.82 Å². The van der Waals surface area contributed by atoms with Crippen LogP contribution >= 0.6 is 0 Å². The molecule has 0 atom stereocenters. The number of carbonyl (C=O) groups is 1. The summed E-state index contributed by atoms with van der Waals surface area (Å²) in [4.78, 5) is 16.9. The van der Waals surface area contributed by atoms with Crippen LogP contribution < -0.4 is 16.0 Å². The van der Waals surface area contributed by atoms with E-state index in [-0.39, 0.29) is 11.7 Å². The first-order valence-corrected chi connectivity index (χ1v) is 8.95. The Kier molecular flexibility index (Phi) is 5.88. The fourth-order valence-corrected chi connectivity index (χ4v) is 3.35. The number of benzene rings is 1. The zero-order valence-electron chi connectivity index (χ0n) is 14.5. The molecule has 0 saturated carbocycles. The number of nitrogens with zero attached hydrogens (tertiary/aromatic N) is 2. The largest absolute Gasteiger partial charge is 0.381 e. The number of halogens is 1. The molecular weight excluding hydrogens is 323 g/mol.